The van der Waals surface area contributed by atoms with E-state index in [-0.39, 0.29) is 11.4 Å². The van der Waals surface area contributed by atoms with Gasteiger partial charge in [-0.25, -0.2) is 17.8 Å². The molecule has 3 rings (SSSR count). The molecule has 2 heterocycles. The van der Waals surface area contributed by atoms with E-state index in [2.05, 4.69) is 25.3 Å². The van der Waals surface area contributed by atoms with Crippen molar-refractivity contribution >= 4 is 15.8 Å². The Bertz CT molecular complexity index is 1030. The topological polar surface area (TPSA) is 102 Å². The van der Waals surface area contributed by atoms with Crippen molar-refractivity contribution in [2.45, 2.75) is 32.1 Å². The molecule has 9 heteroatoms. The van der Waals surface area contributed by atoms with Gasteiger partial charge in [0, 0.05) is 18.8 Å². The number of aromatic nitrogens is 4. The number of nitrogens with one attached hydrogen (secondary N) is 2. The summed E-state index contributed by atoms with van der Waals surface area (Å²) in [7, 11) is -3.52. The molecule has 0 aliphatic rings. The van der Waals surface area contributed by atoms with E-state index in [1.165, 1.54) is 0 Å². The van der Waals surface area contributed by atoms with Gasteiger partial charge in [0.1, 0.15) is 5.82 Å². The quantitative estimate of drug-likeness (QED) is 0.562. The highest BCUT2D eigenvalue weighted by atomic mass is 32.2. The fourth-order valence-electron chi connectivity index (χ4n) is 2.76. The first kappa shape index (κ1) is 20.0. The number of hydrogen-bond donors (Lipinski definition) is 2. The van der Waals surface area contributed by atoms with E-state index in [9.17, 15) is 8.42 Å². The molecule has 0 amide bonds. The Morgan fingerprint density at radius 3 is 2.32 bits per heavy atom. The zero-order valence-electron chi connectivity index (χ0n) is 16.2. The number of sulfonamides is 1. The monoisotopic (exact) mass is 400 g/mol. The Morgan fingerprint density at radius 1 is 1.00 bits per heavy atom. The van der Waals surface area contributed by atoms with Crippen LogP contribution in [0.25, 0.3) is 5.82 Å². The summed E-state index contributed by atoms with van der Waals surface area (Å²) < 4.78 is 28.9. The van der Waals surface area contributed by atoms with Crippen LogP contribution in [0, 0.1) is 13.8 Å². The van der Waals surface area contributed by atoms with Gasteiger partial charge in [-0.3, -0.25) is 0 Å². The highest BCUT2D eigenvalue weighted by Crippen LogP contribution is 2.12. The molecule has 0 unspecified atom stereocenters. The van der Waals surface area contributed by atoms with E-state index in [0.29, 0.717) is 18.2 Å². The molecule has 1 aromatic carbocycles. The van der Waals surface area contributed by atoms with Crippen molar-refractivity contribution in [2.24, 2.45) is 0 Å². The summed E-state index contributed by atoms with van der Waals surface area (Å²) in [5.74, 6) is 1.20. The summed E-state index contributed by atoms with van der Waals surface area (Å²) in [5.41, 5.74) is 3.00. The largest absolute Gasteiger partial charge is 0.367 e. The van der Waals surface area contributed by atoms with Crippen LogP contribution < -0.4 is 10.0 Å². The summed E-state index contributed by atoms with van der Waals surface area (Å²) in [5, 5.41) is 15.7. The highest BCUT2D eigenvalue weighted by Gasteiger charge is 2.13. The second kappa shape index (κ2) is 8.49. The Kier molecular flexibility index (Phi) is 6.05. The SMILES string of the molecule is CCc1ccc(S(=O)(=O)NCCNc2ccc(-n3nc(C)cc3C)nn2)cc1. The third kappa shape index (κ3) is 4.73. The maximum Gasteiger partial charge on any atom is 0.240 e. The summed E-state index contributed by atoms with van der Waals surface area (Å²) in [4.78, 5) is 0.263. The first-order valence-corrected chi connectivity index (χ1v) is 10.6. The molecule has 28 heavy (non-hydrogen) atoms. The zero-order chi connectivity index (χ0) is 20.1. The minimum Gasteiger partial charge on any atom is -0.367 e. The number of rotatable bonds is 8. The Morgan fingerprint density at radius 2 is 1.75 bits per heavy atom. The van der Waals surface area contributed by atoms with E-state index < -0.39 is 10.0 Å². The van der Waals surface area contributed by atoms with Gasteiger partial charge in [-0.1, -0.05) is 19.1 Å². The molecule has 0 bridgehead atoms. The van der Waals surface area contributed by atoms with Gasteiger partial charge < -0.3 is 5.32 Å². The van der Waals surface area contributed by atoms with E-state index in [0.717, 1.165) is 23.4 Å². The fourth-order valence-corrected chi connectivity index (χ4v) is 3.79. The van der Waals surface area contributed by atoms with Crippen LogP contribution in [-0.4, -0.2) is 41.5 Å². The van der Waals surface area contributed by atoms with Crippen molar-refractivity contribution in [1.82, 2.24) is 24.7 Å². The number of hydrogen-bond acceptors (Lipinski definition) is 6. The third-order valence-corrected chi connectivity index (χ3v) is 5.72. The van der Waals surface area contributed by atoms with Crippen LogP contribution in [0.5, 0.6) is 0 Å². The second-order valence-electron chi connectivity index (χ2n) is 6.44. The molecule has 0 saturated heterocycles. The Balaban J connectivity index is 1.52. The maximum absolute atomic E-state index is 12.3. The molecular weight excluding hydrogens is 376 g/mol. The molecule has 0 atom stereocenters. The van der Waals surface area contributed by atoms with Gasteiger partial charge in [-0.15, -0.1) is 10.2 Å². The average molecular weight is 401 g/mol. The molecule has 0 aliphatic carbocycles. The Labute approximate surface area is 165 Å². The van der Waals surface area contributed by atoms with E-state index >= 15 is 0 Å². The fraction of sp³-hybridized carbons (Fsp3) is 0.316. The smallest absolute Gasteiger partial charge is 0.240 e. The van der Waals surface area contributed by atoms with E-state index in [1.54, 1.807) is 22.9 Å². The van der Waals surface area contributed by atoms with Crippen molar-refractivity contribution in [1.29, 1.82) is 0 Å². The zero-order valence-corrected chi connectivity index (χ0v) is 17.0. The number of aryl methyl sites for hydroxylation is 3. The number of benzene rings is 1. The summed E-state index contributed by atoms with van der Waals surface area (Å²) >= 11 is 0. The molecule has 0 aliphatic heterocycles. The second-order valence-corrected chi connectivity index (χ2v) is 8.20. The Hall–Kier alpha value is -2.78. The van der Waals surface area contributed by atoms with Gasteiger partial charge in [0.05, 0.1) is 10.6 Å². The minimum atomic E-state index is -3.52. The van der Waals surface area contributed by atoms with Gasteiger partial charge in [0.25, 0.3) is 0 Å². The lowest BCUT2D eigenvalue weighted by molar-refractivity contribution is 0.583. The van der Waals surface area contributed by atoms with E-state index in [1.807, 2.05) is 45.0 Å². The molecule has 8 nitrogen and oxygen atoms in total. The van der Waals surface area contributed by atoms with Crippen LogP contribution in [0.3, 0.4) is 0 Å². The van der Waals surface area contributed by atoms with Gasteiger partial charge in [0.15, 0.2) is 5.82 Å². The van der Waals surface area contributed by atoms with Gasteiger partial charge in [-0.05, 0) is 56.2 Å². The van der Waals surface area contributed by atoms with Crippen LogP contribution in [-0.2, 0) is 16.4 Å². The van der Waals surface area contributed by atoms with E-state index in [4.69, 9.17) is 0 Å². The van der Waals surface area contributed by atoms with Crippen molar-refractivity contribution in [3.63, 3.8) is 0 Å². The molecule has 0 fully saturated rings. The molecule has 3 aromatic rings. The molecule has 0 saturated carbocycles. The lowest BCUT2D eigenvalue weighted by Crippen LogP contribution is -2.29. The van der Waals surface area contributed by atoms with Gasteiger partial charge >= 0.3 is 0 Å². The normalized spacial score (nSPS) is 11.5. The summed E-state index contributed by atoms with van der Waals surface area (Å²) in [6.45, 7) is 6.53. The maximum atomic E-state index is 12.3. The summed E-state index contributed by atoms with van der Waals surface area (Å²) in [6, 6.07) is 12.5. The molecule has 2 N–H and O–H groups in total. The first-order valence-electron chi connectivity index (χ1n) is 9.09. The molecule has 2 aromatic heterocycles. The van der Waals surface area contributed by atoms with Crippen LogP contribution in [0.15, 0.2) is 47.4 Å². The van der Waals surface area contributed by atoms with Gasteiger partial charge in [-0.2, -0.15) is 5.10 Å². The summed E-state index contributed by atoms with van der Waals surface area (Å²) in [6.07, 6.45) is 0.872. The number of nitrogens with zero attached hydrogens (tertiary/aromatic N) is 4. The van der Waals surface area contributed by atoms with Crippen molar-refractivity contribution in [3.8, 4) is 5.82 Å². The van der Waals surface area contributed by atoms with Crippen LogP contribution in [0.2, 0.25) is 0 Å². The van der Waals surface area contributed by atoms with Crippen molar-refractivity contribution in [2.75, 3.05) is 18.4 Å². The minimum absolute atomic E-state index is 0.235. The van der Waals surface area contributed by atoms with Crippen LogP contribution >= 0.6 is 0 Å². The predicted molar refractivity (Wildman–Crippen MR) is 108 cm³/mol. The average Bonchev–Trinajstić information content (AvgIpc) is 3.04. The third-order valence-electron chi connectivity index (χ3n) is 4.24. The standard InChI is InChI=1S/C19H24N6O2S/c1-4-16-5-7-17(8-6-16)28(26,27)21-12-11-20-18-9-10-19(23-22-18)25-15(3)13-14(2)24-25/h5-10,13,21H,4,11-12H2,1-3H3,(H,20,22). The van der Waals surface area contributed by atoms with Crippen LogP contribution in [0.1, 0.15) is 23.9 Å². The predicted octanol–water partition coefficient (Wildman–Crippen LogP) is 2.23. The molecule has 0 radical (unpaired) electrons. The molecule has 148 valence electrons. The number of anilines is 1. The van der Waals surface area contributed by atoms with Crippen molar-refractivity contribution in [3.05, 3.63) is 59.4 Å². The molecule has 0 spiro atoms. The first-order chi connectivity index (χ1) is 13.4. The highest BCUT2D eigenvalue weighted by molar-refractivity contribution is 7.89. The van der Waals surface area contributed by atoms with Gasteiger partial charge in [0.2, 0.25) is 10.0 Å². The lowest BCUT2D eigenvalue weighted by Gasteiger charge is -2.09. The van der Waals surface area contributed by atoms with Crippen molar-refractivity contribution < 1.29 is 8.42 Å². The van der Waals surface area contributed by atoms with Crippen LogP contribution in [0.4, 0.5) is 5.82 Å². The lowest BCUT2D eigenvalue weighted by atomic mass is 10.2. The molecular formula is C19H24N6O2S.